The van der Waals surface area contributed by atoms with E-state index in [9.17, 15) is 14.1 Å². The third kappa shape index (κ3) is 8.20. The molecule has 2 aliphatic carbocycles. The molecule has 5 rings (SSSR count). The Morgan fingerprint density at radius 2 is 1.91 bits per heavy atom. The zero-order valence-corrected chi connectivity index (χ0v) is 27.7. The van der Waals surface area contributed by atoms with Crippen LogP contribution in [0.1, 0.15) is 76.1 Å². The SMILES string of the molecule is CN(C)CCN(N)/C=C(\N)COc1ccc(Cl)c2c1C(N1CC3(CC3)CC1=O)N(C(=O)C1CCCCC1(C)C)CC2.O=COF. The van der Waals surface area contributed by atoms with Crippen molar-refractivity contribution in [1.82, 2.24) is 19.7 Å². The van der Waals surface area contributed by atoms with Gasteiger partial charge in [-0.25, -0.2) is 5.84 Å². The number of benzene rings is 1. The highest BCUT2D eigenvalue weighted by Gasteiger charge is 2.56. The predicted molar refractivity (Wildman–Crippen MR) is 169 cm³/mol. The van der Waals surface area contributed by atoms with Crippen molar-refractivity contribution in [3.63, 3.8) is 0 Å². The maximum Gasteiger partial charge on any atom is 0.337 e. The molecule has 2 atom stereocenters. The first kappa shape index (κ1) is 34.8. The molecular weight excluding hydrogens is 603 g/mol. The lowest BCUT2D eigenvalue weighted by atomic mass is 9.68. The van der Waals surface area contributed by atoms with Crippen molar-refractivity contribution in [3.05, 3.63) is 40.2 Å². The van der Waals surface area contributed by atoms with Gasteiger partial charge in [0.25, 0.3) is 0 Å². The van der Waals surface area contributed by atoms with Crippen molar-refractivity contribution in [1.29, 1.82) is 0 Å². The number of halogens is 2. The molecular formula is C32H48ClFN6O5. The molecule has 2 aliphatic heterocycles. The van der Waals surface area contributed by atoms with Gasteiger partial charge in [-0.1, -0.05) is 38.3 Å². The van der Waals surface area contributed by atoms with E-state index in [2.05, 4.69) is 18.8 Å². The van der Waals surface area contributed by atoms with Crippen LogP contribution in [0, 0.1) is 16.7 Å². The summed E-state index contributed by atoms with van der Waals surface area (Å²) in [6.45, 7) is 6.86. The quantitative estimate of drug-likeness (QED) is 0.220. The van der Waals surface area contributed by atoms with Gasteiger partial charge in [0.15, 0.2) is 0 Å². The zero-order valence-electron chi connectivity index (χ0n) is 26.9. The number of fused-ring (bicyclic) bond motifs is 1. The number of carbonyl (C=O) groups is 3. The number of ether oxygens (including phenoxy) is 1. The Kier molecular flexibility index (Phi) is 11.2. The van der Waals surface area contributed by atoms with Crippen molar-refractivity contribution in [2.75, 3.05) is 46.9 Å². The van der Waals surface area contributed by atoms with Crippen LogP contribution in [-0.4, -0.2) is 84.9 Å². The van der Waals surface area contributed by atoms with Gasteiger partial charge in [0.05, 0.1) is 5.70 Å². The maximum absolute atomic E-state index is 14.4. The van der Waals surface area contributed by atoms with Crippen LogP contribution in [0.3, 0.4) is 0 Å². The number of carbonyl (C=O) groups excluding carboxylic acids is 3. The molecule has 13 heteroatoms. The molecule has 11 nitrogen and oxygen atoms in total. The van der Waals surface area contributed by atoms with Crippen LogP contribution < -0.4 is 16.3 Å². The molecule has 0 aromatic heterocycles. The summed E-state index contributed by atoms with van der Waals surface area (Å²) in [5.41, 5.74) is 8.52. The highest BCUT2D eigenvalue weighted by molar-refractivity contribution is 6.31. The summed E-state index contributed by atoms with van der Waals surface area (Å²) in [5, 5.41) is 2.19. The number of likely N-dealkylation sites (tertiary alicyclic amines) is 1. The van der Waals surface area contributed by atoms with E-state index >= 15 is 0 Å². The van der Waals surface area contributed by atoms with Crippen molar-refractivity contribution >= 4 is 29.9 Å². The maximum atomic E-state index is 14.4. The Labute approximate surface area is 270 Å². The molecule has 0 bridgehead atoms. The topological polar surface area (TPSA) is 135 Å². The second-order valence-electron chi connectivity index (χ2n) is 13.8. The van der Waals surface area contributed by atoms with E-state index in [0.29, 0.717) is 48.9 Å². The molecule has 4 aliphatic rings. The Morgan fingerprint density at radius 3 is 2.51 bits per heavy atom. The smallest absolute Gasteiger partial charge is 0.337 e. The first-order valence-corrected chi connectivity index (χ1v) is 16.1. The van der Waals surface area contributed by atoms with Gasteiger partial charge in [-0.3, -0.25) is 19.3 Å². The Morgan fingerprint density at radius 1 is 1.20 bits per heavy atom. The van der Waals surface area contributed by atoms with E-state index in [-0.39, 0.29) is 41.6 Å². The van der Waals surface area contributed by atoms with Crippen LogP contribution in [0.2, 0.25) is 5.02 Å². The van der Waals surface area contributed by atoms with Gasteiger partial charge in [0.2, 0.25) is 11.8 Å². The summed E-state index contributed by atoms with van der Waals surface area (Å²) in [7, 11) is 3.98. The van der Waals surface area contributed by atoms with Gasteiger partial charge in [-0.2, -0.15) is 0 Å². The largest absolute Gasteiger partial charge is 0.487 e. The van der Waals surface area contributed by atoms with E-state index in [0.717, 1.165) is 56.2 Å². The molecule has 2 heterocycles. The monoisotopic (exact) mass is 650 g/mol. The number of nitrogens with two attached hydrogens (primary N) is 2. The van der Waals surface area contributed by atoms with Crippen LogP contribution in [0.15, 0.2) is 24.0 Å². The fraction of sp³-hybridized carbons (Fsp3) is 0.656. The van der Waals surface area contributed by atoms with Crippen molar-refractivity contribution in [2.24, 2.45) is 28.3 Å². The summed E-state index contributed by atoms with van der Waals surface area (Å²) < 4.78 is 16.2. The number of amides is 2. The van der Waals surface area contributed by atoms with Crippen LogP contribution in [-0.2, 0) is 25.7 Å². The van der Waals surface area contributed by atoms with Gasteiger partial charge in [-0.05, 0) is 74.7 Å². The molecule has 3 fully saturated rings. The Hall–Kier alpha value is -3.09. The molecule has 1 aromatic rings. The van der Waals surface area contributed by atoms with E-state index < -0.39 is 6.17 Å². The minimum absolute atomic E-state index is 0.0530. The standard InChI is InChI=1S/C31H47ClN6O3.CHFO2/c1-30(2)11-6-5-7-23(30)29(40)37-14-10-22-24(32)8-9-25(41-19-21(33)18-36(34)16-15-35(3)4)27(22)28(37)38-20-31(12-13-31)17-26(38)39;2-4-1-3/h8-9,18,23,28H,5-7,10-17,19-20,33-34H2,1-4H3;1H/b21-18-;. The van der Waals surface area contributed by atoms with Gasteiger partial charge in [0, 0.05) is 59.8 Å². The van der Waals surface area contributed by atoms with E-state index in [1.54, 1.807) is 11.2 Å². The van der Waals surface area contributed by atoms with Crippen molar-refractivity contribution in [3.8, 4) is 5.75 Å². The van der Waals surface area contributed by atoms with Crippen LogP contribution in [0.4, 0.5) is 4.53 Å². The number of nitrogens with zero attached hydrogens (tertiary/aromatic N) is 4. The molecule has 250 valence electrons. The summed E-state index contributed by atoms with van der Waals surface area (Å²) in [6.07, 6.45) is 8.53. The summed E-state index contributed by atoms with van der Waals surface area (Å²) in [4.78, 5) is 44.8. The summed E-state index contributed by atoms with van der Waals surface area (Å²) in [5.74, 6) is 6.88. The number of likely N-dealkylation sites (N-methyl/N-ethyl adjacent to an activating group) is 1. The molecule has 2 unspecified atom stereocenters. The van der Waals surface area contributed by atoms with E-state index in [1.165, 1.54) is 0 Å². The molecule has 4 N–H and O–H groups in total. The van der Waals surface area contributed by atoms with Crippen LogP contribution in [0.25, 0.3) is 0 Å². The fourth-order valence-electron chi connectivity index (χ4n) is 6.95. The van der Waals surface area contributed by atoms with Gasteiger partial charge < -0.3 is 30.2 Å². The molecule has 45 heavy (non-hydrogen) atoms. The van der Waals surface area contributed by atoms with Crippen LogP contribution >= 0.6 is 11.6 Å². The number of hydrazine groups is 1. The normalized spacial score (nSPS) is 23.3. The molecule has 2 saturated carbocycles. The third-order valence-electron chi connectivity index (χ3n) is 9.68. The zero-order chi connectivity index (χ0) is 32.9. The molecule has 2 amide bonds. The predicted octanol–water partition coefficient (Wildman–Crippen LogP) is 3.91. The minimum atomic E-state index is -0.540. The lowest BCUT2D eigenvalue weighted by Crippen LogP contribution is -2.53. The van der Waals surface area contributed by atoms with Crippen molar-refractivity contribution < 1.29 is 28.6 Å². The summed E-state index contributed by atoms with van der Waals surface area (Å²) in [6, 6.07) is 3.69. The average molecular weight is 651 g/mol. The fourth-order valence-corrected chi connectivity index (χ4v) is 7.21. The molecule has 1 saturated heterocycles. The number of hydrogen-bond acceptors (Lipinski definition) is 9. The number of hydrogen-bond donors (Lipinski definition) is 2. The lowest BCUT2D eigenvalue weighted by molar-refractivity contribution is -0.165. The first-order chi connectivity index (χ1) is 21.3. The second-order valence-corrected chi connectivity index (χ2v) is 14.2. The minimum Gasteiger partial charge on any atom is -0.487 e. The van der Waals surface area contributed by atoms with E-state index in [4.69, 9.17) is 32.7 Å². The van der Waals surface area contributed by atoms with Gasteiger partial charge >= 0.3 is 6.47 Å². The van der Waals surface area contributed by atoms with Crippen LogP contribution in [0.5, 0.6) is 5.75 Å². The molecule has 1 aromatic carbocycles. The highest BCUT2D eigenvalue weighted by atomic mass is 35.5. The summed E-state index contributed by atoms with van der Waals surface area (Å²) >= 11 is 6.78. The third-order valence-corrected chi connectivity index (χ3v) is 10.0. The van der Waals surface area contributed by atoms with Crippen molar-refractivity contribution in [2.45, 2.75) is 71.4 Å². The molecule has 1 spiro atoms. The average Bonchev–Trinajstić information content (AvgIpc) is 3.67. The number of rotatable bonds is 10. The second kappa shape index (κ2) is 14.6. The van der Waals surface area contributed by atoms with Gasteiger partial charge in [-0.15, -0.1) is 0 Å². The highest BCUT2D eigenvalue weighted by Crippen LogP contribution is 2.56. The lowest BCUT2D eigenvalue weighted by Gasteiger charge is -2.47. The molecule has 0 radical (unpaired) electrons. The van der Waals surface area contributed by atoms with Gasteiger partial charge in [0.1, 0.15) is 18.5 Å². The Balaban J connectivity index is 0.00000109. The van der Waals surface area contributed by atoms with E-state index in [1.807, 2.05) is 40.9 Å². The first-order valence-electron chi connectivity index (χ1n) is 15.7. The Bertz CT molecular complexity index is 1270.